The Hall–Kier alpha value is -2.57. The molecule has 0 aliphatic carbocycles. The number of nitrogens with zero attached hydrogens (tertiary/aromatic N) is 5. The number of hydrogen-bond acceptors (Lipinski definition) is 5. The van der Waals surface area contributed by atoms with Gasteiger partial charge < -0.3 is 5.11 Å². The highest BCUT2D eigenvalue weighted by Gasteiger charge is 2.31. The molecule has 3 rings (SSSR count). The van der Waals surface area contributed by atoms with E-state index in [0.717, 1.165) is 0 Å². The number of carbonyl (C=O) groups is 1. The van der Waals surface area contributed by atoms with Crippen molar-refractivity contribution in [1.29, 1.82) is 0 Å². The van der Waals surface area contributed by atoms with E-state index in [1.54, 1.807) is 23.1 Å². The van der Waals surface area contributed by atoms with E-state index in [2.05, 4.69) is 15.0 Å². The summed E-state index contributed by atoms with van der Waals surface area (Å²) in [5.74, 6) is 0.172. The Bertz CT molecular complexity index is 753. The number of azide groups is 1. The van der Waals surface area contributed by atoms with Crippen LogP contribution in [0.1, 0.15) is 6.42 Å². The predicted molar refractivity (Wildman–Crippen MR) is 83.7 cm³/mol. The van der Waals surface area contributed by atoms with Crippen molar-refractivity contribution in [2.24, 2.45) is 11.0 Å². The van der Waals surface area contributed by atoms with E-state index in [1.165, 1.54) is 11.3 Å². The number of carbonyl (C=O) groups excluding carboxylic acids is 1. The molecule has 0 bridgehead atoms. The first-order valence-corrected chi connectivity index (χ1v) is 7.62. The molecule has 1 unspecified atom stereocenters. The maximum Gasteiger partial charge on any atom is 0.229 e. The number of rotatable bonds is 4. The molecule has 0 spiro atoms. The van der Waals surface area contributed by atoms with Crippen LogP contribution in [-0.2, 0) is 4.79 Å². The molecule has 1 aliphatic heterocycles. The fourth-order valence-corrected chi connectivity index (χ4v) is 3.29. The normalized spacial score (nSPS) is 17.5. The molecule has 1 aromatic heterocycles. The molecular formula is C14H13N5O2S. The van der Waals surface area contributed by atoms with Gasteiger partial charge in [-0.1, -0.05) is 17.2 Å². The molecule has 1 aromatic carbocycles. The zero-order chi connectivity index (χ0) is 15.5. The van der Waals surface area contributed by atoms with Crippen LogP contribution >= 0.6 is 11.3 Å². The molecule has 1 N–H and O–H groups in total. The molecule has 0 radical (unpaired) electrons. The highest BCUT2D eigenvalue weighted by molar-refractivity contribution is 7.14. The number of benzene rings is 1. The van der Waals surface area contributed by atoms with Crippen LogP contribution in [0.3, 0.4) is 0 Å². The molecule has 2 aromatic rings. The van der Waals surface area contributed by atoms with Gasteiger partial charge in [0, 0.05) is 35.4 Å². The summed E-state index contributed by atoms with van der Waals surface area (Å²) in [6, 6.07) is 6.96. The number of phenols is 1. The van der Waals surface area contributed by atoms with Crippen LogP contribution in [-0.4, -0.2) is 29.1 Å². The van der Waals surface area contributed by atoms with Crippen molar-refractivity contribution < 1.29 is 9.90 Å². The van der Waals surface area contributed by atoms with Gasteiger partial charge in [0.1, 0.15) is 5.75 Å². The Morgan fingerprint density at radius 3 is 3.09 bits per heavy atom. The minimum absolute atomic E-state index is 0.0173. The van der Waals surface area contributed by atoms with Crippen LogP contribution in [0.25, 0.3) is 21.7 Å². The van der Waals surface area contributed by atoms with Crippen molar-refractivity contribution >= 4 is 22.4 Å². The zero-order valence-electron chi connectivity index (χ0n) is 11.6. The summed E-state index contributed by atoms with van der Waals surface area (Å²) < 4.78 is 0. The van der Waals surface area contributed by atoms with Gasteiger partial charge in [-0.15, -0.1) is 11.3 Å². The third-order valence-corrected chi connectivity index (χ3v) is 4.37. The van der Waals surface area contributed by atoms with Crippen molar-refractivity contribution in [3.8, 4) is 17.0 Å². The SMILES string of the molecule is [N-]=[N+]=NCC1CC(=O)N(c2nc(-c3ccccc3O)cs2)C1. The largest absolute Gasteiger partial charge is 0.507 e. The number of para-hydroxylation sites is 1. The van der Waals surface area contributed by atoms with E-state index >= 15 is 0 Å². The summed E-state index contributed by atoms with van der Waals surface area (Å²) in [7, 11) is 0. The van der Waals surface area contributed by atoms with Crippen LogP contribution in [0.5, 0.6) is 5.75 Å². The molecule has 8 heteroatoms. The molecule has 2 heterocycles. The summed E-state index contributed by atoms with van der Waals surface area (Å²) in [6.45, 7) is 0.821. The predicted octanol–water partition coefficient (Wildman–Crippen LogP) is 3.18. The smallest absolute Gasteiger partial charge is 0.229 e. The second-order valence-corrected chi connectivity index (χ2v) is 5.86. The maximum absolute atomic E-state index is 12.1. The molecule has 1 fully saturated rings. The number of phenolic OH excluding ortho intramolecular Hbond substituents is 1. The molecule has 1 atom stereocenters. The highest BCUT2D eigenvalue weighted by Crippen LogP contribution is 2.34. The van der Waals surface area contributed by atoms with Crippen LogP contribution in [0.4, 0.5) is 5.13 Å². The minimum atomic E-state index is -0.0173. The third-order valence-electron chi connectivity index (χ3n) is 3.51. The molecule has 22 heavy (non-hydrogen) atoms. The summed E-state index contributed by atoms with van der Waals surface area (Å²) in [5.41, 5.74) is 9.64. The Morgan fingerprint density at radius 1 is 1.50 bits per heavy atom. The molecule has 1 saturated heterocycles. The van der Waals surface area contributed by atoms with Crippen molar-refractivity contribution in [2.75, 3.05) is 18.0 Å². The number of thiazole rings is 1. The Kier molecular flexibility index (Phi) is 3.95. The standard InChI is InChI=1S/C14H13N5O2S/c15-18-16-6-9-5-13(21)19(7-9)14-17-11(8-22-14)10-3-1-2-4-12(10)20/h1-4,8-9,20H,5-7H2. The van der Waals surface area contributed by atoms with Gasteiger partial charge in [-0.2, -0.15) is 0 Å². The zero-order valence-corrected chi connectivity index (χ0v) is 12.4. The molecule has 1 amide bonds. The average Bonchev–Trinajstić information content (AvgIpc) is 3.12. The van der Waals surface area contributed by atoms with E-state index in [-0.39, 0.29) is 17.6 Å². The first kappa shape index (κ1) is 14.4. The van der Waals surface area contributed by atoms with Gasteiger partial charge in [0.2, 0.25) is 5.91 Å². The van der Waals surface area contributed by atoms with E-state index < -0.39 is 0 Å². The number of anilines is 1. The van der Waals surface area contributed by atoms with Crippen molar-refractivity contribution in [3.63, 3.8) is 0 Å². The fraction of sp³-hybridized carbons (Fsp3) is 0.286. The topological polar surface area (TPSA) is 102 Å². The maximum atomic E-state index is 12.1. The lowest BCUT2D eigenvalue weighted by molar-refractivity contribution is -0.117. The average molecular weight is 315 g/mol. The second-order valence-electron chi connectivity index (χ2n) is 5.02. The molecular weight excluding hydrogens is 302 g/mol. The van der Waals surface area contributed by atoms with Crippen molar-refractivity contribution in [3.05, 3.63) is 40.1 Å². The number of aromatic hydroxyl groups is 1. The van der Waals surface area contributed by atoms with Gasteiger partial charge in [0.25, 0.3) is 0 Å². The van der Waals surface area contributed by atoms with Gasteiger partial charge in [0.05, 0.1) is 5.69 Å². The molecule has 1 aliphatic rings. The van der Waals surface area contributed by atoms with Crippen LogP contribution in [0, 0.1) is 5.92 Å². The first-order valence-electron chi connectivity index (χ1n) is 6.74. The quantitative estimate of drug-likeness (QED) is 0.532. The lowest BCUT2D eigenvalue weighted by atomic mass is 10.1. The summed E-state index contributed by atoms with van der Waals surface area (Å²) in [5, 5.41) is 15.8. The molecule has 112 valence electrons. The number of hydrogen-bond donors (Lipinski definition) is 1. The summed E-state index contributed by atoms with van der Waals surface area (Å²) in [6.07, 6.45) is 0.366. The van der Waals surface area contributed by atoms with Crippen LogP contribution < -0.4 is 4.90 Å². The molecule has 0 saturated carbocycles. The van der Waals surface area contributed by atoms with E-state index in [1.807, 2.05) is 11.4 Å². The number of aromatic nitrogens is 1. The van der Waals surface area contributed by atoms with Gasteiger partial charge >= 0.3 is 0 Å². The third kappa shape index (κ3) is 2.74. The Labute approximate surface area is 130 Å². The molecule has 7 nitrogen and oxygen atoms in total. The van der Waals surface area contributed by atoms with E-state index in [4.69, 9.17) is 5.53 Å². The Morgan fingerprint density at radius 2 is 2.32 bits per heavy atom. The van der Waals surface area contributed by atoms with Crippen LogP contribution in [0.15, 0.2) is 34.8 Å². The minimum Gasteiger partial charge on any atom is -0.507 e. The lowest BCUT2D eigenvalue weighted by Crippen LogP contribution is -2.24. The Balaban J connectivity index is 1.81. The van der Waals surface area contributed by atoms with E-state index in [0.29, 0.717) is 35.9 Å². The van der Waals surface area contributed by atoms with Crippen LogP contribution in [0.2, 0.25) is 0 Å². The van der Waals surface area contributed by atoms with Gasteiger partial charge in [-0.3, -0.25) is 9.69 Å². The van der Waals surface area contributed by atoms with Gasteiger partial charge in [0.15, 0.2) is 5.13 Å². The van der Waals surface area contributed by atoms with Gasteiger partial charge in [-0.05, 0) is 23.6 Å². The van der Waals surface area contributed by atoms with Gasteiger partial charge in [-0.25, -0.2) is 4.98 Å². The number of amides is 1. The lowest BCUT2D eigenvalue weighted by Gasteiger charge is -2.12. The first-order chi connectivity index (χ1) is 10.7. The van der Waals surface area contributed by atoms with Crippen molar-refractivity contribution in [2.45, 2.75) is 6.42 Å². The van der Waals surface area contributed by atoms with Crippen molar-refractivity contribution in [1.82, 2.24) is 4.98 Å². The summed E-state index contributed by atoms with van der Waals surface area (Å²) in [4.78, 5) is 20.9. The van der Waals surface area contributed by atoms with E-state index in [9.17, 15) is 9.90 Å². The summed E-state index contributed by atoms with van der Waals surface area (Å²) >= 11 is 1.36. The highest BCUT2D eigenvalue weighted by atomic mass is 32.1. The fourth-order valence-electron chi connectivity index (χ4n) is 2.44. The monoisotopic (exact) mass is 315 g/mol. The second kappa shape index (κ2) is 6.05.